The molecule has 644 valence electrons. The molecule has 11 heterocycles. The van der Waals surface area contributed by atoms with Gasteiger partial charge in [-0.3, -0.25) is 38.4 Å². The van der Waals surface area contributed by atoms with Gasteiger partial charge in [0.1, 0.15) is 0 Å². The Labute approximate surface area is 777 Å². The van der Waals surface area contributed by atoms with Crippen LogP contribution in [0.2, 0.25) is 0 Å². The first-order chi connectivity index (χ1) is 67.9. The molecule has 0 amide bonds. The van der Waals surface area contributed by atoms with Crippen LogP contribution in [0, 0.1) is 0 Å². The van der Waals surface area contributed by atoms with Crippen molar-refractivity contribution < 1.29 is 0 Å². The van der Waals surface area contributed by atoms with Crippen LogP contribution in [0.5, 0.6) is 0 Å². The highest BCUT2D eigenvalue weighted by Gasteiger charge is 2.30. The summed E-state index contributed by atoms with van der Waals surface area (Å²) < 4.78 is 15.2. The Balaban J connectivity index is 0.0000000909. The maximum absolute atomic E-state index is 14.3. The second-order valence-corrected chi connectivity index (χ2v) is 35.8. The van der Waals surface area contributed by atoms with Crippen molar-refractivity contribution in [2.45, 2.75) is 6.42 Å². The highest BCUT2D eigenvalue weighted by atomic mass is 16.1. The van der Waals surface area contributed by atoms with E-state index in [1.165, 1.54) is 16.7 Å². The second-order valence-electron chi connectivity index (χ2n) is 35.8. The summed E-state index contributed by atoms with van der Waals surface area (Å²) in [5.41, 5.74) is 23.1. The molecular weight excluding hydrogens is 1700 g/mol. The van der Waals surface area contributed by atoms with E-state index in [1.807, 2.05) is 279 Å². The molecule has 15 nitrogen and oxygen atoms in total. The van der Waals surface area contributed by atoms with Crippen LogP contribution < -0.4 is 43.4 Å². The van der Waals surface area contributed by atoms with Gasteiger partial charge in [-0.25, -0.2) is 0 Å². The summed E-state index contributed by atoms with van der Waals surface area (Å²) in [6.45, 7) is 0. The Morgan fingerprint density at radius 2 is 0.435 bits per heavy atom. The van der Waals surface area contributed by atoms with Crippen molar-refractivity contribution in [3.05, 3.63) is 499 Å². The van der Waals surface area contributed by atoms with Crippen molar-refractivity contribution in [3.8, 4) is 28.2 Å². The van der Waals surface area contributed by atoms with E-state index in [0.717, 1.165) is 144 Å². The molecule has 0 atom stereocenters. The molecule has 0 radical (unpaired) electrons. The highest BCUT2D eigenvalue weighted by Crippen LogP contribution is 2.46. The van der Waals surface area contributed by atoms with Crippen LogP contribution in [-0.2, 0) is 6.42 Å². The van der Waals surface area contributed by atoms with Gasteiger partial charge in [0.25, 0.3) is 0 Å². The number of fused-ring (bicyclic) bond motifs is 32. The number of benzene rings is 19. The third-order valence-corrected chi connectivity index (χ3v) is 28.9. The van der Waals surface area contributed by atoms with Gasteiger partial charge in [0, 0.05) is 131 Å². The van der Waals surface area contributed by atoms with Crippen LogP contribution in [0.3, 0.4) is 0 Å². The Morgan fingerprint density at radius 3 is 0.913 bits per heavy atom. The van der Waals surface area contributed by atoms with E-state index in [9.17, 15) is 38.4 Å². The lowest BCUT2D eigenvalue weighted by Gasteiger charge is -2.16. The zero-order chi connectivity index (χ0) is 91.9. The third-order valence-electron chi connectivity index (χ3n) is 28.9. The molecule has 31 rings (SSSR count). The fourth-order valence-electron chi connectivity index (χ4n) is 23.2. The molecule has 0 aliphatic heterocycles. The topological polar surface area (TPSA) is 169 Å². The molecule has 1 aliphatic rings. The van der Waals surface area contributed by atoms with Gasteiger partial charge in [0.05, 0.1) is 110 Å². The van der Waals surface area contributed by atoms with E-state index in [-0.39, 0.29) is 43.4 Å². The first-order valence-corrected chi connectivity index (χ1v) is 46.0. The van der Waals surface area contributed by atoms with Gasteiger partial charge in [0.2, 0.25) is 0 Å². The molecule has 0 bridgehead atoms. The van der Waals surface area contributed by atoms with Crippen LogP contribution >= 0.6 is 0 Å². The summed E-state index contributed by atoms with van der Waals surface area (Å²) in [6.07, 6.45) is 0.784. The number of aromatic nitrogens is 7. The summed E-state index contributed by atoms with van der Waals surface area (Å²) in [6, 6.07) is 133. The average Bonchev–Trinajstić information content (AvgIpc) is 1.42. The average molecular weight is 1770 g/mol. The Bertz CT molecular complexity index is 11200. The summed E-state index contributed by atoms with van der Waals surface area (Å²) in [4.78, 5) is 109. The van der Waals surface area contributed by atoms with Gasteiger partial charge < -0.3 is 31.3 Å². The highest BCUT2D eigenvalue weighted by molar-refractivity contribution is 6.27. The molecule has 1 aliphatic carbocycles. The van der Waals surface area contributed by atoms with Crippen LogP contribution in [0.4, 0.5) is 0 Å². The summed E-state index contributed by atoms with van der Waals surface area (Å²) in [5.74, 6) is 0. The van der Waals surface area contributed by atoms with Crippen molar-refractivity contribution >= 4 is 218 Å². The molecule has 0 saturated heterocycles. The molecule has 11 aromatic heterocycles. The SMILES string of the molecule is O=c1c2ccccc2n2c3c1cccc3c(=O)c1ccc3c(c4ccccc4n3-c3ccccc3)c12.O=c1c2ccccc2n2c3c4c(ccc3c(=O)c3cccc1c32)-c1ccccc1C4.O=c1c2ccccc2n2c3ccc4c(c5ccccc5n4-c4ccccc4)c3c(=O)c3cccc1c32.O=c1c2ccccc2n2c3ccc4c5ccccc5n(-c5ccccc5)c4c3c(=O)c3cccc1c32. The van der Waals surface area contributed by atoms with Crippen molar-refractivity contribution in [3.63, 3.8) is 0 Å². The standard InChI is InChI=1S/3C32H18N2O2.C27H15NO2/c35-31-22-12-5-7-16-26(22)34-27-18-17-21-20-11-4-6-15-25(20)33(19-9-2-1-3-10-19)30(21)28(27)32(36)24-14-8-13-23(31)29(24)34;35-31-21-12-5-7-16-26(21)34-29-22(31)13-8-14-23(29)32(36)24-17-18-27-28(30(24)34)20-11-4-6-15-25(20)33(27)19-9-2-1-3-10-19;35-31-21-12-5-7-16-25(21)34-27-18-17-26-28(29(27)32(36)23-14-8-13-22(31)30(23)34)20-11-4-6-15-24(20)33(26)19-9-2-1-3-10-19;29-26-18-8-3-4-11-23(18)28-24-19(26)9-5-10-20(24)27(30)21-13-12-17-16-7-2-1-6-15(16)14-22(17)25(21)28/h3*1-18H;1-13H,14H2. The van der Waals surface area contributed by atoms with E-state index in [1.54, 1.807) is 6.07 Å². The zero-order valence-electron chi connectivity index (χ0n) is 73.3. The molecule has 0 N–H and O–H groups in total. The van der Waals surface area contributed by atoms with Crippen LogP contribution in [0.25, 0.3) is 246 Å². The number of para-hydroxylation sites is 14. The summed E-state index contributed by atoms with van der Waals surface area (Å²) >= 11 is 0. The van der Waals surface area contributed by atoms with Crippen molar-refractivity contribution in [2.24, 2.45) is 0 Å². The van der Waals surface area contributed by atoms with Gasteiger partial charge >= 0.3 is 0 Å². The fourth-order valence-corrected chi connectivity index (χ4v) is 23.2. The second kappa shape index (κ2) is 29.3. The number of hydrogen-bond donors (Lipinski definition) is 0. The predicted octanol–water partition coefficient (Wildman–Crippen LogP) is 25.1. The molecule has 0 spiro atoms. The lowest BCUT2D eigenvalue weighted by Crippen LogP contribution is -2.14. The molecule has 0 saturated carbocycles. The first kappa shape index (κ1) is 77.9. The van der Waals surface area contributed by atoms with E-state index >= 15 is 0 Å². The van der Waals surface area contributed by atoms with Gasteiger partial charge in [-0.05, 0) is 210 Å². The molecule has 0 unspecified atom stereocenters. The minimum absolute atomic E-state index is 0.0102. The number of pyridine rings is 8. The minimum Gasteiger partial charge on any atom is -0.309 e. The zero-order valence-corrected chi connectivity index (χ0v) is 73.3. The van der Waals surface area contributed by atoms with E-state index < -0.39 is 0 Å². The maximum Gasteiger partial charge on any atom is 0.199 e. The molecule has 30 aromatic rings. The number of nitrogens with zero attached hydrogens (tertiary/aromatic N) is 7. The van der Waals surface area contributed by atoms with Crippen molar-refractivity contribution in [2.75, 3.05) is 0 Å². The molecule has 15 heteroatoms. The third kappa shape index (κ3) is 10.7. The monoisotopic (exact) mass is 1770 g/mol. The Morgan fingerprint density at radius 1 is 0.145 bits per heavy atom. The first-order valence-electron chi connectivity index (χ1n) is 46.0. The molecule has 0 fully saturated rings. The Hall–Kier alpha value is -18.9. The van der Waals surface area contributed by atoms with E-state index in [4.69, 9.17) is 0 Å². The fraction of sp³-hybridized carbons (Fsp3) is 0.00813. The van der Waals surface area contributed by atoms with Gasteiger partial charge in [-0.1, -0.05) is 218 Å². The predicted molar refractivity (Wildman–Crippen MR) is 566 cm³/mol. The van der Waals surface area contributed by atoms with Gasteiger partial charge in [0.15, 0.2) is 43.4 Å². The van der Waals surface area contributed by atoms with Crippen LogP contribution in [0.1, 0.15) is 11.1 Å². The largest absolute Gasteiger partial charge is 0.309 e. The van der Waals surface area contributed by atoms with Gasteiger partial charge in [-0.2, -0.15) is 0 Å². The van der Waals surface area contributed by atoms with Crippen molar-refractivity contribution in [1.82, 2.24) is 31.3 Å². The lowest BCUT2D eigenvalue weighted by atomic mass is 9.98. The van der Waals surface area contributed by atoms with E-state index in [2.05, 4.69) is 153 Å². The molecule has 138 heavy (non-hydrogen) atoms. The van der Waals surface area contributed by atoms with Crippen molar-refractivity contribution in [1.29, 1.82) is 0 Å². The molecular formula is C123H69N7O8. The van der Waals surface area contributed by atoms with E-state index in [0.29, 0.717) is 103 Å². The number of hydrogen-bond acceptors (Lipinski definition) is 8. The van der Waals surface area contributed by atoms with Crippen LogP contribution in [-0.4, -0.2) is 31.3 Å². The normalized spacial score (nSPS) is 12.3. The quantitative estimate of drug-likeness (QED) is 0.124. The summed E-state index contributed by atoms with van der Waals surface area (Å²) in [7, 11) is 0. The maximum atomic E-state index is 14.3. The summed E-state index contributed by atoms with van der Waals surface area (Å²) in [5, 5.41) is 16.0. The van der Waals surface area contributed by atoms with Crippen LogP contribution in [0.15, 0.2) is 445 Å². The minimum atomic E-state index is -0.0594. The smallest absolute Gasteiger partial charge is 0.199 e. The van der Waals surface area contributed by atoms with Gasteiger partial charge in [-0.15, -0.1) is 0 Å². The Kier molecular flexibility index (Phi) is 16.5. The lowest BCUT2D eigenvalue weighted by molar-refractivity contribution is 1.18. The number of rotatable bonds is 3. The molecule has 19 aromatic carbocycles.